The number of nitrogens with two attached hydrogens (primary N) is 1. The minimum atomic E-state index is -0.0506. The van der Waals surface area contributed by atoms with Crippen molar-refractivity contribution in [1.29, 1.82) is 0 Å². The number of anilines is 1. The van der Waals surface area contributed by atoms with Crippen LogP contribution in [-0.2, 0) is 4.79 Å². The average Bonchev–Trinajstić information content (AvgIpc) is 2.70. The molecular formula is C11H18N4OS. The van der Waals surface area contributed by atoms with Gasteiger partial charge >= 0.3 is 0 Å². The summed E-state index contributed by atoms with van der Waals surface area (Å²) in [6, 6.07) is -0.0506. The molecule has 0 bridgehead atoms. The van der Waals surface area contributed by atoms with E-state index in [4.69, 9.17) is 5.73 Å². The van der Waals surface area contributed by atoms with E-state index in [1.807, 2.05) is 24.3 Å². The highest BCUT2D eigenvalue weighted by Crippen LogP contribution is 2.24. The number of nitrogens with zero attached hydrogens (tertiary/aromatic N) is 3. The first-order valence-corrected chi connectivity index (χ1v) is 6.66. The first-order valence-electron chi connectivity index (χ1n) is 5.78. The molecular weight excluding hydrogens is 236 g/mol. The summed E-state index contributed by atoms with van der Waals surface area (Å²) in [5, 5.41) is 2.87. The zero-order valence-electron chi connectivity index (χ0n) is 10.2. The Balaban J connectivity index is 2.12. The molecule has 1 aromatic rings. The summed E-state index contributed by atoms with van der Waals surface area (Å²) in [6.07, 6.45) is 0.981. The van der Waals surface area contributed by atoms with Gasteiger partial charge in [0.25, 0.3) is 0 Å². The van der Waals surface area contributed by atoms with Crippen LogP contribution < -0.4 is 10.6 Å². The number of hydrogen-bond donors (Lipinski definition) is 1. The van der Waals surface area contributed by atoms with Crippen LogP contribution in [0.5, 0.6) is 0 Å². The standard InChI is InChI=1S/C11H18N4OS/c1-8(12)9-7-17-11(13-9)15-5-3-4-14(2)10(16)6-15/h7-8H,3-6,12H2,1-2H3. The largest absolute Gasteiger partial charge is 0.344 e. The molecule has 1 aliphatic heterocycles. The molecule has 1 atom stereocenters. The van der Waals surface area contributed by atoms with Gasteiger partial charge in [0.15, 0.2) is 5.13 Å². The van der Waals surface area contributed by atoms with Crippen molar-refractivity contribution < 1.29 is 4.79 Å². The van der Waals surface area contributed by atoms with Crippen LogP contribution in [0.3, 0.4) is 0 Å². The summed E-state index contributed by atoms with van der Waals surface area (Å²) in [7, 11) is 1.85. The number of hydrogen-bond acceptors (Lipinski definition) is 5. The van der Waals surface area contributed by atoms with E-state index in [9.17, 15) is 4.79 Å². The van der Waals surface area contributed by atoms with Gasteiger partial charge in [0, 0.05) is 31.6 Å². The topological polar surface area (TPSA) is 62.5 Å². The third-order valence-corrected chi connectivity index (χ3v) is 3.84. The molecule has 0 spiro atoms. The van der Waals surface area contributed by atoms with Crippen molar-refractivity contribution in [3.8, 4) is 0 Å². The summed E-state index contributed by atoms with van der Waals surface area (Å²) in [5.74, 6) is 0.153. The molecule has 2 N–H and O–H groups in total. The lowest BCUT2D eigenvalue weighted by Crippen LogP contribution is -2.34. The smallest absolute Gasteiger partial charge is 0.241 e. The van der Waals surface area contributed by atoms with Crippen molar-refractivity contribution >= 4 is 22.4 Å². The molecule has 2 rings (SSSR count). The van der Waals surface area contributed by atoms with E-state index in [0.717, 1.165) is 30.3 Å². The van der Waals surface area contributed by atoms with E-state index in [1.165, 1.54) is 0 Å². The number of amides is 1. The quantitative estimate of drug-likeness (QED) is 0.849. The van der Waals surface area contributed by atoms with Gasteiger partial charge in [-0.1, -0.05) is 0 Å². The van der Waals surface area contributed by atoms with E-state index >= 15 is 0 Å². The van der Waals surface area contributed by atoms with Crippen molar-refractivity contribution in [2.75, 3.05) is 31.6 Å². The number of likely N-dealkylation sites (N-methyl/N-ethyl adjacent to an activating group) is 1. The number of thiazole rings is 1. The average molecular weight is 254 g/mol. The van der Waals surface area contributed by atoms with E-state index in [2.05, 4.69) is 4.98 Å². The van der Waals surface area contributed by atoms with Gasteiger partial charge in [0.2, 0.25) is 5.91 Å². The lowest BCUT2D eigenvalue weighted by molar-refractivity contribution is -0.127. The van der Waals surface area contributed by atoms with E-state index < -0.39 is 0 Å². The summed E-state index contributed by atoms with van der Waals surface area (Å²) >= 11 is 1.56. The van der Waals surface area contributed by atoms with Gasteiger partial charge in [-0.3, -0.25) is 4.79 Å². The van der Waals surface area contributed by atoms with Gasteiger partial charge in [-0.05, 0) is 13.3 Å². The molecule has 1 aromatic heterocycles. The lowest BCUT2D eigenvalue weighted by Gasteiger charge is -2.18. The van der Waals surface area contributed by atoms with Crippen LogP contribution in [0.25, 0.3) is 0 Å². The van der Waals surface area contributed by atoms with Crippen LogP contribution in [0.1, 0.15) is 25.1 Å². The van der Waals surface area contributed by atoms with Gasteiger partial charge in [-0.2, -0.15) is 0 Å². The van der Waals surface area contributed by atoms with Gasteiger partial charge in [-0.15, -0.1) is 11.3 Å². The zero-order valence-corrected chi connectivity index (χ0v) is 11.0. The second kappa shape index (κ2) is 5.01. The Hall–Kier alpha value is -1.14. The number of carbonyl (C=O) groups is 1. The molecule has 1 unspecified atom stereocenters. The van der Waals surface area contributed by atoms with Gasteiger partial charge in [-0.25, -0.2) is 4.98 Å². The highest BCUT2D eigenvalue weighted by Gasteiger charge is 2.21. The van der Waals surface area contributed by atoms with Crippen LogP contribution in [0.2, 0.25) is 0 Å². The SMILES string of the molecule is CC(N)c1csc(N2CCCN(C)C(=O)C2)n1. The highest BCUT2D eigenvalue weighted by molar-refractivity contribution is 7.13. The van der Waals surface area contributed by atoms with Crippen molar-refractivity contribution in [1.82, 2.24) is 9.88 Å². The minimum Gasteiger partial charge on any atom is -0.344 e. The van der Waals surface area contributed by atoms with Crippen LogP contribution in [0.4, 0.5) is 5.13 Å². The third kappa shape index (κ3) is 2.76. The van der Waals surface area contributed by atoms with Crippen molar-refractivity contribution in [2.45, 2.75) is 19.4 Å². The predicted octanol–water partition coefficient (Wildman–Crippen LogP) is 0.831. The fourth-order valence-electron chi connectivity index (χ4n) is 1.78. The molecule has 0 saturated carbocycles. The molecule has 6 heteroatoms. The van der Waals surface area contributed by atoms with Crippen LogP contribution in [-0.4, -0.2) is 42.5 Å². The Kier molecular flexibility index (Phi) is 3.63. The van der Waals surface area contributed by atoms with E-state index in [1.54, 1.807) is 16.2 Å². The Morgan fingerprint density at radius 3 is 2.94 bits per heavy atom. The Bertz CT molecular complexity index is 404. The Morgan fingerprint density at radius 1 is 1.53 bits per heavy atom. The third-order valence-electron chi connectivity index (χ3n) is 2.92. The van der Waals surface area contributed by atoms with Crippen molar-refractivity contribution in [3.63, 3.8) is 0 Å². The maximum Gasteiger partial charge on any atom is 0.241 e. The summed E-state index contributed by atoms with van der Waals surface area (Å²) in [6.45, 7) is 4.03. The maximum absolute atomic E-state index is 11.8. The molecule has 1 aliphatic rings. The van der Waals surface area contributed by atoms with Crippen molar-refractivity contribution in [3.05, 3.63) is 11.1 Å². The molecule has 0 aliphatic carbocycles. The Morgan fingerprint density at radius 2 is 2.29 bits per heavy atom. The minimum absolute atomic E-state index is 0.0506. The molecule has 94 valence electrons. The molecule has 1 saturated heterocycles. The first-order chi connectivity index (χ1) is 8.08. The lowest BCUT2D eigenvalue weighted by atomic mass is 10.3. The van der Waals surface area contributed by atoms with Crippen molar-refractivity contribution in [2.24, 2.45) is 5.73 Å². The zero-order chi connectivity index (χ0) is 12.4. The normalized spacial score (nSPS) is 19.4. The molecule has 17 heavy (non-hydrogen) atoms. The second-order valence-corrected chi connectivity index (χ2v) is 5.27. The van der Waals surface area contributed by atoms with E-state index in [-0.39, 0.29) is 11.9 Å². The van der Waals surface area contributed by atoms with Gasteiger partial charge < -0.3 is 15.5 Å². The van der Waals surface area contributed by atoms with E-state index in [0.29, 0.717) is 6.54 Å². The van der Waals surface area contributed by atoms with Crippen LogP contribution in [0, 0.1) is 0 Å². The molecule has 1 amide bonds. The number of carbonyl (C=O) groups excluding carboxylic acids is 1. The van der Waals surface area contributed by atoms with Crippen LogP contribution in [0.15, 0.2) is 5.38 Å². The molecule has 1 fully saturated rings. The number of rotatable bonds is 2. The van der Waals surface area contributed by atoms with Crippen LogP contribution >= 0.6 is 11.3 Å². The molecule has 0 radical (unpaired) electrons. The second-order valence-electron chi connectivity index (χ2n) is 4.43. The predicted molar refractivity (Wildman–Crippen MR) is 69.2 cm³/mol. The summed E-state index contributed by atoms with van der Waals surface area (Å²) in [4.78, 5) is 20.1. The van der Waals surface area contributed by atoms with Gasteiger partial charge in [0.1, 0.15) is 0 Å². The monoisotopic (exact) mass is 254 g/mol. The Labute approximate surface area is 105 Å². The summed E-state index contributed by atoms with van der Waals surface area (Å²) in [5.41, 5.74) is 6.69. The maximum atomic E-state index is 11.8. The molecule has 2 heterocycles. The molecule has 0 aromatic carbocycles. The fraction of sp³-hybridized carbons (Fsp3) is 0.636. The fourth-order valence-corrected chi connectivity index (χ4v) is 2.74. The first kappa shape index (κ1) is 12.3. The highest BCUT2D eigenvalue weighted by atomic mass is 32.1. The molecule has 5 nitrogen and oxygen atoms in total. The number of aromatic nitrogens is 1. The summed E-state index contributed by atoms with van der Waals surface area (Å²) < 4.78 is 0. The van der Waals surface area contributed by atoms with Gasteiger partial charge in [0.05, 0.1) is 12.2 Å².